The molecular formula is C21H23Cl2N3O5S. The summed E-state index contributed by atoms with van der Waals surface area (Å²) in [6.07, 6.45) is 0.629. The predicted molar refractivity (Wildman–Crippen MR) is 126 cm³/mol. The molecule has 0 radical (unpaired) electrons. The van der Waals surface area contributed by atoms with Gasteiger partial charge in [-0.25, -0.2) is 0 Å². The first-order valence-electron chi connectivity index (χ1n) is 9.59. The molecule has 0 aliphatic heterocycles. The van der Waals surface area contributed by atoms with E-state index in [9.17, 15) is 9.59 Å². The van der Waals surface area contributed by atoms with E-state index in [0.29, 0.717) is 53.3 Å². The Hall–Kier alpha value is -2.59. The Morgan fingerprint density at radius 3 is 2.41 bits per heavy atom. The van der Waals surface area contributed by atoms with Gasteiger partial charge in [-0.05, 0) is 61.1 Å². The van der Waals surface area contributed by atoms with Crippen LogP contribution < -0.4 is 25.6 Å². The quantitative estimate of drug-likeness (QED) is 0.261. The number of nitrogens with one attached hydrogen (secondary N) is 3. The van der Waals surface area contributed by atoms with Gasteiger partial charge in [-0.3, -0.25) is 25.8 Å². The average molecular weight is 500 g/mol. The molecule has 3 N–H and O–H groups in total. The highest BCUT2D eigenvalue weighted by atomic mass is 35.5. The summed E-state index contributed by atoms with van der Waals surface area (Å²) in [6.45, 7) is 1.18. The van der Waals surface area contributed by atoms with Crippen LogP contribution in [0.4, 0.5) is 0 Å². The Balaban J connectivity index is 1.64. The van der Waals surface area contributed by atoms with Gasteiger partial charge in [0.05, 0.1) is 18.2 Å². The van der Waals surface area contributed by atoms with Crippen LogP contribution >= 0.6 is 35.4 Å². The molecule has 2 aromatic carbocycles. The predicted octanol–water partition coefficient (Wildman–Crippen LogP) is 3.51. The molecule has 172 valence electrons. The number of thiocarbonyl (C=S) groups is 1. The van der Waals surface area contributed by atoms with Crippen LogP contribution in [0.15, 0.2) is 42.5 Å². The number of methoxy groups -OCH3 is 1. The van der Waals surface area contributed by atoms with Crippen molar-refractivity contribution in [2.24, 2.45) is 0 Å². The molecule has 2 rings (SSSR count). The molecule has 8 nitrogen and oxygen atoms in total. The van der Waals surface area contributed by atoms with Gasteiger partial charge in [0.15, 0.2) is 5.11 Å². The minimum atomic E-state index is -0.423. The number of hydrogen-bond acceptors (Lipinski definition) is 6. The van der Waals surface area contributed by atoms with Crippen LogP contribution in [0, 0.1) is 0 Å². The molecule has 11 heteroatoms. The molecule has 0 spiro atoms. The molecule has 0 saturated heterocycles. The number of benzene rings is 2. The van der Waals surface area contributed by atoms with Gasteiger partial charge < -0.3 is 14.2 Å². The highest BCUT2D eigenvalue weighted by Crippen LogP contribution is 2.27. The number of rotatable bonds is 10. The molecule has 0 aromatic heterocycles. The zero-order valence-corrected chi connectivity index (χ0v) is 19.6. The minimum Gasteiger partial charge on any atom is -0.492 e. The van der Waals surface area contributed by atoms with Crippen molar-refractivity contribution in [1.29, 1.82) is 0 Å². The van der Waals surface area contributed by atoms with E-state index in [-0.39, 0.29) is 17.4 Å². The van der Waals surface area contributed by atoms with E-state index < -0.39 is 5.91 Å². The summed E-state index contributed by atoms with van der Waals surface area (Å²) in [7, 11) is 1.59. The first-order valence-corrected chi connectivity index (χ1v) is 10.7. The topological polar surface area (TPSA) is 97.9 Å². The van der Waals surface area contributed by atoms with Gasteiger partial charge >= 0.3 is 0 Å². The van der Waals surface area contributed by atoms with Gasteiger partial charge in [0.1, 0.15) is 18.1 Å². The van der Waals surface area contributed by atoms with E-state index >= 15 is 0 Å². The molecule has 0 atom stereocenters. The van der Waals surface area contributed by atoms with Gasteiger partial charge in [-0.15, -0.1) is 0 Å². The number of amides is 2. The van der Waals surface area contributed by atoms with Crippen molar-refractivity contribution in [3.63, 3.8) is 0 Å². The lowest BCUT2D eigenvalue weighted by Crippen LogP contribution is -2.48. The fraction of sp³-hybridized carbons (Fsp3) is 0.286. The van der Waals surface area contributed by atoms with Crippen LogP contribution in [-0.2, 0) is 9.53 Å². The molecule has 2 amide bonds. The van der Waals surface area contributed by atoms with Gasteiger partial charge in [0, 0.05) is 24.1 Å². The third kappa shape index (κ3) is 9.27. The van der Waals surface area contributed by atoms with Crippen molar-refractivity contribution >= 4 is 52.3 Å². The van der Waals surface area contributed by atoms with Crippen molar-refractivity contribution in [3.8, 4) is 11.5 Å². The van der Waals surface area contributed by atoms with E-state index in [4.69, 9.17) is 49.6 Å². The summed E-state index contributed by atoms with van der Waals surface area (Å²) >= 11 is 16.9. The highest BCUT2D eigenvalue weighted by Gasteiger charge is 2.09. The Labute approximate surface area is 201 Å². The summed E-state index contributed by atoms with van der Waals surface area (Å²) in [6, 6.07) is 11.5. The third-order valence-electron chi connectivity index (χ3n) is 3.91. The maximum Gasteiger partial charge on any atom is 0.257 e. The zero-order chi connectivity index (χ0) is 23.3. The number of hydrazine groups is 1. The highest BCUT2D eigenvalue weighted by molar-refractivity contribution is 7.80. The lowest BCUT2D eigenvalue weighted by atomic mass is 10.2. The van der Waals surface area contributed by atoms with E-state index in [0.717, 1.165) is 0 Å². The molecule has 0 aliphatic carbocycles. The zero-order valence-electron chi connectivity index (χ0n) is 17.3. The number of carbonyl (C=O) groups is 2. The SMILES string of the molecule is COCCOc1ccc(C(=O)NC(=S)NNC(=O)CCCOc2ccc(Cl)cc2Cl)cc1. The van der Waals surface area contributed by atoms with Crippen LogP contribution in [0.25, 0.3) is 0 Å². The Bertz CT molecular complexity index is 928. The summed E-state index contributed by atoms with van der Waals surface area (Å²) in [5, 5.41) is 3.36. The Morgan fingerprint density at radius 2 is 1.72 bits per heavy atom. The number of carbonyl (C=O) groups excluding carboxylic acids is 2. The molecule has 32 heavy (non-hydrogen) atoms. The molecule has 0 heterocycles. The second-order valence-corrected chi connectivity index (χ2v) is 7.60. The van der Waals surface area contributed by atoms with Crippen molar-refractivity contribution in [2.45, 2.75) is 12.8 Å². The van der Waals surface area contributed by atoms with Crippen molar-refractivity contribution in [2.75, 3.05) is 26.9 Å². The molecule has 0 unspecified atom stereocenters. The number of halogens is 2. The first-order chi connectivity index (χ1) is 15.4. The molecule has 0 fully saturated rings. The van der Waals surface area contributed by atoms with Gasteiger partial charge in [-0.1, -0.05) is 23.2 Å². The maximum atomic E-state index is 12.2. The lowest BCUT2D eigenvalue weighted by molar-refractivity contribution is -0.121. The summed E-state index contributed by atoms with van der Waals surface area (Å²) in [4.78, 5) is 24.1. The van der Waals surface area contributed by atoms with Crippen molar-refractivity contribution in [3.05, 3.63) is 58.1 Å². The average Bonchev–Trinajstić information content (AvgIpc) is 2.77. The second-order valence-electron chi connectivity index (χ2n) is 6.35. The maximum absolute atomic E-state index is 12.2. The van der Waals surface area contributed by atoms with Crippen LogP contribution in [-0.4, -0.2) is 43.9 Å². The van der Waals surface area contributed by atoms with E-state index in [1.807, 2.05) is 0 Å². The minimum absolute atomic E-state index is 0.0343. The van der Waals surface area contributed by atoms with Gasteiger partial charge in [0.2, 0.25) is 5.91 Å². The Kier molecular flexibility index (Phi) is 11.0. The van der Waals surface area contributed by atoms with E-state index in [1.54, 1.807) is 49.6 Å². The van der Waals surface area contributed by atoms with Crippen molar-refractivity contribution < 1.29 is 23.8 Å². The first kappa shape index (κ1) is 25.7. The third-order valence-corrected chi connectivity index (χ3v) is 4.65. The molecule has 0 bridgehead atoms. The molecular weight excluding hydrogens is 477 g/mol. The van der Waals surface area contributed by atoms with Crippen LogP contribution in [0.5, 0.6) is 11.5 Å². The largest absolute Gasteiger partial charge is 0.492 e. The standard InChI is InChI=1S/C21H23Cl2N3O5S/c1-29-11-12-30-16-7-4-14(5-8-16)20(28)24-21(32)26-25-19(27)3-2-10-31-18-9-6-15(22)13-17(18)23/h4-9,13H,2-3,10-12H2,1H3,(H,25,27)(H2,24,26,28,32). The lowest BCUT2D eigenvalue weighted by Gasteiger charge is -2.12. The van der Waals surface area contributed by atoms with Gasteiger partial charge in [0.25, 0.3) is 5.91 Å². The number of ether oxygens (including phenoxy) is 3. The molecule has 0 saturated carbocycles. The normalized spacial score (nSPS) is 10.2. The van der Waals surface area contributed by atoms with Crippen LogP contribution in [0.1, 0.15) is 23.2 Å². The smallest absolute Gasteiger partial charge is 0.257 e. The van der Waals surface area contributed by atoms with Crippen molar-refractivity contribution in [1.82, 2.24) is 16.2 Å². The van der Waals surface area contributed by atoms with Crippen LogP contribution in [0.3, 0.4) is 0 Å². The molecule has 0 aliphatic rings. The van der Waals surface area contributed by atoms with E-state index in [2.05, 4.69) is 16.2 Å². The fourth-order valence-corrected chi connectivity index (χ4v) is 2.95. The Morgan fingerprint density at radius 1 is 0.969 bits per heavy atom. The summed E-state index contributed by atoms with van der Waals surface area (Å²) in [5.74, 6) is 0.375. The monoisotopic (exact) mass is 499 g/mol. The number of hydrogen-bond donors (Lipinski definition) is 3. The van der Waals surface area contributed by atoms with E-state index in [1.165, 1.54) is 0 Å². The fourth-order valence-electron chi connectivity index (χ4n) is 2.35. The van der Waals surface area contributed by atoms with Crippen LogP contribution in [0.2, 0.25) is 10.0 Å². The van der Waals surface area contributed by atoms with Gasteiger partial charge in [-0.2, -0.15) is 0 Å². The summed E-state index contributed by atoms with van der Waals surface area (Å²) < 4.78 is 15.9. The second kappa shape index (κ2) is 13.7. The summed E-state index contributed by atoms with van der Waals surface area (Å²) in [5.41, 5.74) is 5.29. The molecule has 2 aromatic rings.